The maximum atomic E-state index is 12.3. The Balaban J connectivity index is 1.77. The smallest absolute Gasteiger partial charge is 0.292 e. The number of nitrogens with one attached hydrogen (secondary N) is 2. The molecule has 110 valence electrons. The van der Waals surface area contributed by atoms with Gasteiger partial charge in [-0.15, -0.1) is 0 Å². The summed E-state index contributed by atoms with van der Waals surface area (Å²) < 4.78 is 0. The van der Waals surface area contributed by atoms with Gasteiger partial charge in [0.15, 0.2) is 0 Å². The van der Waals surface area contributed by atoms with E-state index in [1.807, 2.05) is 30.3 Å². The van der Waals surface area contributed by atoms with E-state index in [-0.39, 0.29) is 0 Å². The minimum absolute atomic E-state index is 0.314. The van der Waals surface area contributed by atoms with Crippen LogP contribution in [0.3, 0.4) is 0 Å². The van der Waals surface area contributed by atoms with E-state index < -0.39 is 11.7 Å². The number of aromatic amines is 1. The third kappa shape index (κ3) is 2.87. The fourth-order valence-corrected chi connectivity index (χ4v) is 2.43. The first kappa shape index (κ1) is 14.4. The van der Waals surface area contributed by atoms with Gasteiger partial charge in [-0.1, -0.05) is 41.9 Å². The molecule has 4 nitrogen and oxygen atoms in total. The Kier molecular flexibility index (Phi) is 3.94. The van der Waals surface area contributed by atoms with Crippen molar-refractivity contribution in [2.75, 3.05) is 0 Å². The van der Waals surface area contributed by atoms with Gasteiger partial charge >= 0.3 is 0 Å². The molecule has 0 aliphatic rings. The lowest BCUT2D eigenvalue weighted by molar-refractivity contribution is -0.117. The standard InChI is InChI=1S/C17H13ClN2O2/c18-12-6-7-15-13(8-12)14(10-19-15)16(21)17(22)20-9-11-4-2-1-3-5-11/h1-8,10,19H,9H2,(H,20,22). The second-order valence-electron chi connectivity index (χ2n) is 4.89. The first-order valence-corrected chi connectivity index (χ1v) is 7.16. The molecule has 22 heavy (non-hydrogen) atoms. The van der Waals surface area contributed by atoms with Gasteiger partial charge in [0.1, 0.15) is 0 Å². The predicted molar refractivity (Wildman–Crippen MR) is 85.9 cm³/mol. The molecule has 1 aromatic heterocycles. The Morgan fingerprint density at radius 3 is 2.64 bits per heavy atom. The van der Waals surface area contributed by atoms with E-state index in [9.17, 15) is 9.59 Å². The van der Waals surface area contributed by atoms with Crippen molar-refractivity contribution in [1.82, 2.24) is 10.3 Å². The second-order valence-corrected chi connectivity index (χ2v) is 5.33. The number of amides is 1. The van der Waals surface area contributed by atoms with Crippen LogP contribution in [-0.4, -0.2) is 16.7 Å². The monoisotopic (exact) mass is 312 g/mol. The summed E-state index contributed by atoms with van der Waals surface area (Å²) in [4.78, 5) is 27.3. The van der Waals surface area contributed by atoms with Gasteiger partial charge in [0.2, 0.25) is 0 Å². The van der Waals surface area contributed by atoms with Crippen LogP contribution in [0.4, 0.5) is 0 Å². The largest absolute Gasteiger partial charge is 0.360 e. The number of hydrogen-bond donors (Lipinski definition) is 2. The van der Waals surface area contributed by atoms with E-state index in [0.717, 1.165) is 11.1 Å². The van der Waals surface area contributed by atoms with Crippen molar-refractivity contribution < 1.29 is 9.59 Å². The summed E-state index contributed by atoms with van der Waals surface area (Å²) in [6, 6.07) is 14.6. The Morgan fingerprint density at radius 1 is 1.09 bits per heavy atom. The van der Waals surface area contributed by atoms with Crippen LogP contribution in [0.1, 0.15) is 15.9 Å². The predicted octanol–water partition coefficient (Wildman–Crippen LogP) is 3.32. The number of fused-ring (bicyclic) bond motifs is 1. The maximum absolute atomic E-state index is 12.3. The third-order valence-electron chi connectivity index (χ3n) is 3.39. The van der Waals surface area contributed by atoms with Crippen LogP contribution >= 0.6 is 11.6 Å². The zero-order chi connectivity index (χ0) is 15.5. The van der Waals surface area contributed by atoms with Crippen molar-refractivity contribution in [3.05, 3.63) is 70.9 Å². The number of hydrogen-bond acceptors (Lipinski definition) is 2. The van der Waals surface area contributed by atoms with Gasteiger partial charge < -0.3 is 10.3 Å². The number of carbonyl (C=O) groups excluding carboxylic acids is 2. The lowest BCUT2D eigenvalue weighted by atomic mass is 10.1. The molecular formula is C17H13ClN2O2. The molecule has 0 bridgehead atoms. The van der Waals surface area contributed by atoms with Crippen LogP contribution in [0.15, 0.2) is 54.7 Å². The molecule has 0 saturated carbocycles. The number of H-pyrrole nitrogens is 1. The molecule has 3 rings (SSSR count). The molecular weight excluding hydrogens is 300 g/mol. The summed E-state index contributed by atoms with van der Waals surface area (Å²) in [6.07, 6.45) is 1.53. The summed E-state index contributed by atoms with van der Waals surface area (Å²) in [5.74, 6) is -1.21. The molecule has 2 N–H and O–H groups in total. The number of halogens is 1. The highest BCUT2D eigenvalue weighted by Crippen LogP contribution is 2.22. The SMILES string of the molecule is O=C(NCc1ccccc1)C(=O)c1c[nH]c2ccc(Cl)cc12. The Hall–Kier alpha value is -2.59. The lowest BCUT2D eigenvalue weighted by Gasteiger charge is -2.04. The molecule has 0 atom stereocenters. The fraction of sp³-hybridized carbons (Fsp3) is 0.0588. The molecule has 1 amide bonds. The van der Waals surface area contributed by atoms with Gasteiger partial charge in [-0.3, -0.25) is 9.59 Å². The molecule has 1 heterocycles. The van der Waals surface area contributed by atoms with Gasteiger partial charge in [-0.05, 0) is 23.8 Å². The molecule has 0 saturated heterocycles. The average Bonchev–Trinajstić information content (AvgIpc) is 2.95. The van der Waals surface area contributed by atoms with Crippen LogP contribution in [0.2, 0.25) is 5.02 Å². The molecule has 2 aromatic carbocycles. The van der Waals surface area contributed by atoms with E-state index in [1.165, 1.54) is 6.20 Å². The number of benzene rings is 2. The van der Waals surface area contributed by atoms with Crippen LogP contribution in [0.25, 0.3) is 10.9 Å². The highest BCUT2D eigenvalue weighted by atomic mass is 35.5. The fourth-order valence-electron chi connectivity index (χ4n) is 2.26. The molecule has 3 aromatic rings. The van der Waals surface area contributed by atoms with Crippen LogP contribution in [0, 0.1) is 0 Å². The van der Waals surface area contributed by atoms with Crippen molar-refractivity contribution in [2.45, 2.75) is 6.54 Å². The van der Waals surface area contributed by atoms with Crippen molar-refractivity contribution >= 4 is 34.2 Å². The molecule has 5 heteroatoms. The highest BCUT2D eigenvalue weighted by Gasteiger charge is 2.19. The van der Waals surface area contributed by atoms with E-state index >= 15 is 0 Å². The first-order chi connectivity index (χ1) is 10.6. The molecule has 0 spiro atoms. The van der Waals surface area contributed by atoms with Crippen LogP contribution < -0.4 is 5.32 Å². The topological polar surface area (TPSA) is 62.0 Å². The van der Waals surface area contributed by atoms with Crippen molar-refractivity contribution in [3.63, 3.8) is 0 Å². The van der Waals surface area contributed by atoms with E-state index in [4.69, 9.17) is 11.6 Å². The number of ketones is 1. The number of rotatable bonds is 4. The van der Waals surface area contributed by atoms with Crippen LogP contribution in [-0.2, 0) is 11.3 Å². The normalized spacial score (nSPS) is 10.6. The van der Waals surface area contributed by atoms with Gasteiger partial charge in [0, 0.05) is 28.7 Å². The van der Waals surface area contributed by atoms with Gasteiger partial charge in [0.05, 0.1) is 5.56 Å². The summed E-state index contributed by atoms with van der Waals surface area (Å²) in [5, 5.41) is 3.80. The van der Waals surface area contributed by atoms with Crippen molar-refractivity contribution in [2.24, 2.45) is 0 Å². The van der Waals surface area contributed by atoms with Gasteiger partial charge in [-0.25, -0.2) is 0 Å². The number of aromatic nitrogens is 1. The molecule has 0 radical (unpaired) electrons. The molecule has 0 fully saturated rings. The van der Waals surface area contributed by atoms with Gasteiger partial charge in [0.25, 0.3) is 11.7 Å². The summed E-state index contributed by atoms with van der Waals surface area (Å²) in [5.41, 5.74) is 2.03. The molecule has 0 aliphatic carbocycles. The minimum Gasteiger partial charge on any atom is -0.360 e. The second kappa shape index (κ2) is 6.03. The summed E-state index contributed by atoms with van der Waals surface area (Å²) >= 11 is 5.95. The first-order valence-electron chi connectivity index (χ1n) is 6.78. The van der Waals surface area contributed by atoms with Crippen molar-refractivity contribution in [3.8, 4) is 0 Å². The highest BCUT2D eigenvalue weighted by molar-refractivity contribution is 6.45. The van der Waals surface area contributed by atoms with E-state index in [2.05, 4.69) is 10.3 Å². The Labute approximate surface area is 132 Å². The Bertz CT molecular complexity index is 840. The number of Topliss-reactive ketones (excluding diaryl/α,β-unsaturated/α-hetero) is 1. The van der Waals surface area contributed by atoms with Crippen LogP contribution in [0.5, 0.6) is 0 Å². The summed E-state index contributed by atoms with van der Waals surface area (Å²) in [6.45, 7) is 0.314. The zero-order valence-corrected chi connectivity index (χ0v) is 12.4. The van der Waals surface area contributed by atoms with Crippen molar-refractivity contribution in [1.29, 1.82) is 0 Å². The van der Waals surface area contributed by atoms with E-state index in [0.29, 0.717) is 22.5 Å². The Morgan fingerprint density at radius 2 is 1.86 bits per heavy atom. The quantitative estimate of drug-likeness (QED) is 0.573. The minimum atomic E-state index is -0.635. The van der Waals surface area contributed by atoms with E-state index in [1.54, 1.807) is 18.2 Å². The average molecular weight is 313 g/mol. The maximum Gasteiger partial charge on any atom is 0.292 e. The molecule has 0 aliphatic heterocycles. The summed E-state index contributed by atoms with van der Waals surface area (Å²) in [7, 11) is 0. The zero-order valence-electron chi connectivity index (χ0n) is 11.6. The van der Waals surface area contributed by atoms with Gasteiger partial charge in [-0.2, -0.15) is 0 Å². The molecule has 0 unspecified atom stereocenters. The lowest BCUT2D eigenvalue weighted by Crippen LogP contribution is -2.30. The number of carbonyl (C=O) groups is 2. The third-order valence-corrected chi connectivity index (χ3v) is 3.63.